The third kappa shape index (κ3) is 1.14. The Kier molecular flexibility index (Phi) is 2.06. The van der Waals surface area contributed by atoms with Crippen LogP contribution in [-0.4, -0.2) is 9.13 Å². The van der Waals surface area contributed by atoms with Gasteiger partial charge in [-0.1, -0.05) is 0 Å². The maximum Gasteiger partial charge on any atom is 0.330 e. The number of hydrogen-bond donors (Lipinski definition) is 0. The molecule has 0 amide bonds. The Morgan fingerprint density at radius 2 is 1.64 bits per heavy atom. The molecule has 4 nitrogen and oxygen atoms in total. The Morgan fingerprint density at radius 1 is 1.00 bits per heavy atom. The first-order valence-electron chi connectivity index (χ1n) is 4.90. The second-order valence-corrected chi connectivity index (χ2v) is 3.84. The minimum atomic E-state index is -0.212. The molecule has 0 fully saturated rings. The molecule has 0 aliphatic heterocycles. The number of hydrogen-bond acceptors (Lipinski definition) is 2. The molecule has 0 atom stereocenters. The summed E-state index contributed by atoms with van der Waals surface area (Å²) in [5, 5.41) is 0. The van der Waals surface area contributed by atoms with E-state index in [1.165, 1.54) is 4.57 Å². The van der Waals surface area contributed by atoms with Gasteiger partial charge in [-0.05, 0) is 25.7 Å². The van der Waals surface area contributed by atoms with Crippen LogP contribution in [0.15, 0.2) is 9.59 Å². The minimum absolute atomic E-state index is 0.109. The van der Waals surface area contributed by atoms with Gasteiger partial charge in [0.15, 0.2) is 0 Å². The van der Waals surface area contributed by atoms with E-state index in [2.05, 4.69) is 0 Å². The molecule has 1 aromatic heterocycles. The van der Waals surface area contributed by atoms with Crippen molar-refractivity contribution in [3.05, 3.63) is 32.1 Å². The highest BCUT2D eigenvalue weighted by molar-refractivity contribution is 5.20. The molecule has 0 saturated carbocycles. The van der Waals surface area contributed by atoms with Gasteiger partial charge in [0.2, 0.25) is 0 Å². The van der Waals surface area contributed by atoms with E-state index in [1.807, 2.05) is 0 Å². The average Bonchev–Trinajstić information content (AvgIpc) is 2.23. The summed E-state index contributed by atoms with van der Waals surface area (Å²) in [6.45, 7) is 0. The van der Waals surface area contributed by atoms with Gasteiger partial charge in [-0.2, -0.15) is 0 Å². The van der Waals surface area contributed by atoms with Crippen molar-refractivity contribution in [2.24, 2.45) is 14.1 Å². The Balaban J connectivity index is 2.85. The van der Waals surface area contributed by atoms with Crippen molar-refractivity contribution in [1.82, 2.24) is 9.13 Å². The Morgan fingerprint density at radius 3 is 2.36 bits per heavy atom. The summed E-state index contributed by atoms with van der Waals surface area (Å²) in [4.78, 5) is 23.3. The molecule has 1 aliphatic rings. The largest absolute Gasteiger partial charge is 0.330 e. The van der Waals surface area contributed by atoms with E-state index in [0.29, 0.717) is 0 Å². The van der Waals surface area contributed by atoms with Crippen molar-refractivity contribution < 1.29 is 0 Å². The lowest BCUT2D eigenvalue weighted by molar-refractivity contribution is 0.569. The lowest BCUT2D eigenvalue weighted by Gasteiger charge is -2.18. The van der Waals surface area contributed by atoms with Crippen LogP contribution in [0.2, 0.25) is 0 Å². The molecule has 1 aliphatic carbocycles. The molecule has 1 aromatic rings. The molecule has 0 saturated heterocycles. The summed E-state index contributed by atoms with van der Waals surface area (Å²) < 4.78 is 2.81. The normalized spacial score (nSPS) is 15.3. The van der Waals surface area contributed by atoms with Gasteiger partial charge >= 0.3 is 5.69 Å². The first-order chi connectivity index (χ1) is 6.63. The number of nitrogens with zero attached hydrogens (tertiary/aromatic N) is 2. The predicted molar refractivity (Wildman–Crippen MR) is 53.6 cm³/mol. The van der Waals surface area contributed by atoms with Gasteiger partial charge in [0.05, 0.1) is 0 Å². The van der Waals surface area contributed by atoms with E-state index in [0.717, 1.165) is 36.9 Å². The highest BCUT2D eigenvalue weighted by Crippen LogP contribution is 2.15. The maximum atomic E-state index is 11.7. The van der Waals surface area contributed by atoms with E-state index in [4.69, 9.17) is 0 Å². The molecule has 0 bridgehead atoms. The van der Waals surface area contributed by atoms with Crippen molar-refractivity contribution in [3.63, 3.8) is 0 Å². The van der Waals surface area contributed by atoms with Crippen molar-refractivity contribution in [2.75, 3.05) is 0 Å². The van der Waals surface area contributed by atoms with E-state index in [1.54, 1.807) is 18.7 Å². The molecule has 0 radical (unpaired) electrons. The Bertz CT molecular complexity index is 482. The third-order valence-electron chi connectivity index (χ3n) is 2.98. The van der Waals surface area contributed by atoms with Crippen LogP contribution in [0.25, 0.3) is 0 Å². The second-order valence-electron chi connectivity index (χ2n) is 3.84. The zero-order valence-electron chi connectivity index (χ0n) is 8.54. The molecule has 1 heterocycles. The van der Waals surface area contributed by atoms with Gasteiger partial charge in [0.1, 0.15) is 0 Å². The third-order valence-corrected chi connectivity index (χ3v) is 2.98. The maximum absolute atomic E-state index is 11.7. The number of rotatable bonds is 0. The summed E-state index contributed by atoms with van der Waals surface area (Å²) in [7, 11) is 3.28. The highest BCUT2D eigenvalue weighted by atomic mass is 16.2. The standard InChI is InChI=1S/C10H14N2O2/c1-11-8-6-4-3-5-7(8)9(13)12(2)10(11)14/h3-6H2,1-2H3. The van der Waals surface area contributed by atoms with Gasteiger partial charge in [-0.25, -0.2) is 4.79 Å². The van der Waals surface area contributed by atoms with Gasteiger partial charge < -0.3 is 4.57 Å². The van der Waals surface area contributed by atoms with Crippen LogP contribution in [0.4, 0.5) is 0 Å². The van der Waals surface area contributed by atoms with Crippen molar-refractivity contribution in [3.8, 4) is 0 Å². The minimum Gasteiger partial charge on any atom is -0.300 e. The molecular formula is C10H14N2O2. The zero-order chi connectivity index (χ0) is 10.3. The monoisotopic (exact) mass is 194 g/mol. The predicted octanol–water partition coefficient (Wildman–Crippen LogP) is -0.0372. The average molecular weight is 194 g/mol. The fraction of sp³-hybridized carbons (Fsp3) is 0.600. The molecular weight excluding hydrogens is 180 g/mol. The summed E-state index contributed by atoms with van der Waals surface area (Å²) in [5.41, 5.74) is 1.45. The molecule has 0 unspecified atom stereocenters. The molecule has 0 N–H and O–H groups in total. The van der Waals surface area contributed by atoms with Gasteiger partial charge in [0.25, 0.3) is 5.56 Å². The van der Waals surface area contributed by atoms with Crippen LogP contribution in [0, 0.1) is 0 Å². The van der Waals surface area contributed by atoms with Gasteiger partial charge in [0, 0.05) is 25.4 Å². The van der Waals surface area contributed by atoms with Crippen LogP contribution in [0.5, 0.6) is 0 Å². The van der Waals surface area contributed by atoms with E-state index in [9.17, 15) is 9.59 Å². The van der Waals surface area contributed by atoms with E-state index >= 15 is 0 Å². The highest BCUT2D eigenvalue weighted by Gasteiger charge is 2.17. The molecule has 2 rings (SSSR count). The van der Waals surface area contributed by atoms with E-state index in [-0.39, 0.29) is 11.2 Å². The molecule has 4 heteroatoms. The molecule has 0 aromatic carbocycles. The molecule has 0 spiro atoms. The fourth-order valence-corrected chi connectivity index (χ4v) is 2.12. The zero-order valence-corrected chi connectivity index (χ0v) is 8.54. The summed E-state index contributed by atoms with van der Waals surface area (Å²) in [5.74, 6) is 0. The van der Waals surface area contributed by atoms with Crippen LogP contribution >= 0.6 is 0 Å². The van der Waals surface area contributed by atoms with E-state index < -0.39 is 0 Å². The first-order valence-corrected chi connectivity index (χ1v) is 4.90. The summed E-state index contributed by atoms with van der Waals surface area (Å²) >= 11 is 0. The lowest BCUT2D eigenvalue weighted by atomic mass is 9.97. The summed E-state index contributed by atoms with van der Waals surface area (Å²) in [6, 6.07) is 0. The molecule has 76 valence electrons. The quantitative estimate of drug-likeness (QED) is 0.582. The van der Waals surface area contributed by atoms with Crippen molar-refractivity contribution >= 4 is 0 Å². The lowest BCUT2D eigenvalue weighted by Crippen LogP contribution is -2.41. The van der Waals surface area contributed by atoms with Crippen molar-refractivity contribution in [1.29, 1.82) is 0 Å². The van der Waals surface area contributed by atoms with Crippen LogP contribution in [-0.2, 0) is 26.9 Å². The summed E-state index contributed by atoms with van der Waals surface area (Å²) in [6.07, 6.45) is 3.81. The second kappa shape index (κ2) is 3.12. The smallest absolute Gasteiger partial charge is 0.300 e. The number of fused-ring (bicyclic) bond motifs is 1. The Labute approximate surface area is 81.8 Å². The van der Waals surface area contributed by atoms with Crippen LogP contribution < -0.4 is 11.2 Å². The fourth-order valence-electron chi connectivity index (χ4n) is 2.12. The number of aromatic nitrogens is 2. The topological polar surface area (TPSA) is 44.0 Å². The van der Waals surface area contributed by atoms with Crippen molar-refractivity contribution in [2.45, 2.75) is 25.7 Å². The molecule has 14 heavy (non-hydrogen) atoms. The Hall–Kier alpha value is -1.32. The SMILES string of the molecule is Cn1c2c(c(=O)n(C)c1=O)CCCC2. The van der Waals surface area contributed by atoms with Gasteiger partial charge in [-0.15, -0.1) is 0 Å². The van der Waals surface area contributed by atoms with Gasteiger partial charge in [-0.3, -0.25) is 9.36 Å². The first kappa shape index (κ1) is 9.24. The van der Waals surface area contributed by atoms with Crippen LogP contribution in [0.3, 0.4) is 0 Å². The van der Waals surface area contributed by atoms with Crippen LogP contribution in [0.1, 0.15) is 24.1 Å².